The number of carbonyl (C=O) groups excluding carboxylic acids is 2. The molecule has 0 spiro atoms. The number of thioether (sulfide) groups is 1. The summed E-state index contributed by atoms with van der Waals surface area (Å²) >= 11 is 1.33. The monoisotopic (exact) mass is 279 g/mol. The molecule has 0 aromatic heterocycles. The summed E-state index contributed by atoms with van der Waals surface area (Å²) in [6, 6.07) is 7.30. The SMILES string of the molecule is NC(=O)CSc1ccccc1NC(=O)[C@@H]1CCCN1. The lowest BCUT2D eigenvalue weighted by Crippen LogP contribution is -2.35. The van der Waals surface area contributed by atoms with E-state index in [1.807, 2.05) is 24.3 Å². The van der Waals surface area contributed by atoms with E-state index in [0.29, 0.717) is 0 Å². The number of nitrogens with two attached hydrogens (primary N) is 1. The third-order valence-corrected chi connectivity index (χ3v) is 3.99. The Labute approximate surface area is 116 Å². The van der Waals surface area contributed by atoms with Gasteiger partial charge in [-0.05, 0) is 31.5 Å². The van der Waals surface area contributed by atoms with E-state index in [1.54, 1.807) is 0 Å². The summed E-state index contributed by atoms with van der Waals surface area (Å²) in [6.07, 6.45) is 1.89. The number of amides is 2. The molecule has 1 saturated heterocycles. The molecule has 6 heteroatoms. The predicted octanol–water partition coefficient (Wildman–Crippen LogP) is 0.954. The van der Waals surface area contributed by atoms with Crippen LogP contribution in [0.25, 0.3) is 0 Å². The fourth-order valence-corrected chi connectivity index (χ4v) is 2.72. The van der Waals surface area contributed by atoms with Gasteiger partial charge in [0.15, 0.2) is 0 Å². The second kappa shape index (κ2) is 6.58. The molecule has 102 valence electrons. The van der Waals surface area contributed by atoms with Crippen molar-refractivity contribution >= 4 is 29.3 Å². The van der Waals surface area contributed by atoms with Crippen LogP contribution in [0, 0.1) is 0 Å². The van der Waals surface area contributed by atoms with Gasteiger partial charge in [0, 0.05) is 4.90 Å². The van der Waals surface area contributed by atoms with Crippen molar-refractivity contribution in [1.29, 1.82) is 0 Å². The molecule has 1 aliphatic heterocycles. The second-order valence-corrected chi connectivity index (χ2v) is 5.41. The van der Waals surface area contributed by atoms with E-state index in [0.717, 1.165) is 30.0 Å². The predicted molar refractivity (Wildman–Crippen MR) is 76.0 cm³/mol. The van der Waals surface area contributed by atoms with Crippen molar-refractivity contribution in [2.45, 2.75) is 23.8 Å². The normalized spacial score (nSPS) is 18.2. The average molecular weight is 279 g/mol. The van der Waals surface area contributed by atoms with E-state index in [2.05, 4.69) is 10.6 Å². The van der Waals surface area contributed by atoms with Gasteiger partial charge in [-0.2, -0.15) is 0 Å². The van der Waals surface area contributed by atoms with Crippen molar-refractivity contribution in [3.8, 4) is 0 Å². The number of benzene rings is 1. The van der Waals surface area contributed by atoms with E-state index in [9.17, 15) is 9.59 Å². The molecule has 2 rings (SSSR count). The molecule has 19 heavy (non-hydrogen) atoms. The third-order valence-electron chi connectivity index (χ3n) is 2.89. The standard InChI is InChI=1S/C13H17N3O2S/c14-12(17)8-19-11-6-2-1-4-9(11)16-13(18)10-5-3-7-15-10/h1-2,4,6,10,15H,3,5,7-8H2,(H2,14,17)(H,16,18)/t10-/m0/s1. The van der Waals surface area contributed by atoms with Crippen LogP contribution in [0.1, 0.15) is 12.8 Å². The first-order valence-corrected chi connectivity index (χ1v) is 7.20. The Morgan fingerprint density at radius 1 is 1.42 bits per heavy atom. The number of hydrogen-bond donors (Lipinski definition) is 3. The Balaban J connectivity index is 2.02. The lowest BCUT2D eigenvalue weighted by molar-refractivity contribution is -0.118. The van der Waals surface area contributed by atoms with Crippen LogP contribution < -0.4 is 16.4 Å². The van der Waals surface area contributed by atoms with Crippen molar-refractivity contribution in [3.63, 3.8) is 0 Å². The Morgan fingerprint density at radius 3 is 2.89 bits per heavy atom. The lowest BCUT2D eigenvalue weighted by Gasteiger charge is -2.13. The molecule has 1 aromatic rings. The van der Waals surface area contributed by atoms with Crippen LogP contribution in [0.4, 0.5) is 5.69 Å². The Morgan fingerprint density at radius 2 is 2.21 bits per heavy atom. The zero-order chi connectivity index (χ0) is 13.7. The summed E-state index contributed by atoms with van der Waals surface area (Å²) in [5.74, 6) is -0.192. The molecule has 1 aliphatic rings. The van der Waals surface area contributed by atoms with Crippen molar-refractivity contribution in [3.05, 3.63) is 24.3 Å². The number of hydrogen-bond acceptors (Lipinski definition) is 4. The van der Waals surface area contributed by atoms with Crippen LogP contribution in [0.5, 0.6) is 0 Å². The summed E-state index contributed by atoms with van der Waals surface area (Å²) in [4.78, 5) is 23.7. The maximum Gasteiger partial charge on any atom is 0.241 e. The van der Waals surface area contributed by atoms with Gasteiger partial charge in [-0.3, -0.25) is 9.59 Å². The first-order chi connectivity index (χ1) is 9.16. The average Bonchev–Trinajstić information content (AvgIpc) is 2.91. The van der Waals surface area contributed by atoms with Crippen LogP contribution in [0.2, 0.25) is 0 Å². The fraction of sp³-hybridized carbons (Fsp3) is 0.385. The van der Waals surface area contributed by atoms with Gasteiger partial charge in [-0.25, -0.2) is 0 Å². The fourth-order valence-electron chi connectivity index (χ4n) is 1.97. The topological polar surface area (TPSA) is 84.2 Å². The Kier molecular flexibility index (Phi) is 4.81. The second-order valence-electron chi connectivity index (χ2n) is 4.39. The molecule has 1 fully saturated rings. The molecule has 1 atom stereocenters. The minimum absolute atomic E-state index is 0.0235. The van der Waals surface area contributed by atoms with Crippen LogP contribution >= 0.6 is 11.8 Å². The largest absolute Gasteiger partial charge is 0.369 e. The highest BCUT2D eigenvalue weighted by atomic mass is 32.2. The molecule has 0 aliphatic carbocycles. The summed E-state index contributed by atoms with van der Waals surface area (Å²) < 4.78 is 0. The molecule has 5 nitrogen and oxygen atoms in total. The highest BCUT2D eigenvalue weighted by Crippen LogP contribution is 2.27. The quantitative estimate of drug-likeness (QED) is 0.701. The van der Waals surface area contributed by atoms with E-state index >= 15 is 0 Å². The molecule has 4 N–H and O–H groups in total. The van der Waals surface area contributed by atoms with Crippen molar-refractivity contribution < 1.29 is 9.59 Å². The van der Waals surface area contributed by atoms with E-state index in [4.69, 9.17) is 5.73 Å². The number of nitrogens with one attached hydrogen (secondary N) is 2. The summed E-state index contributed by atoms with van der Waals surface area (Å²) in [6.45, 7) is 0.885. The third kappa shape index (κ3) is 3.97. The van der Waals surface area contributed by atoms with Gasteiger partial charge < -0.3 is 16.4 Å². The molecule has 0 saturated carbocycles. The van der Waals surface area contributed by atoms with E-state index < -0.39 is 0 Å². The van der Waals surface area contributed by atoms with Crippen molar-refractivity contribution in [2.24, 2.45) is 5.73 Å². The van der Waals surface area contributed by atoms with E-state index in [-0.39, 0.29) is 23.6 Å². The molecule has 0 unspecified atom stereocenters. The summed E-state index contributed by atoms with van der Waals surface area (Å²) in [5.41, 5.74) is 5.86. The molecular weight excluding hydrogens is 262 g/mol. The number of anilines is 1. The van der Waals surface area contributed by atoms with Gasteiger partial charge in [-0.1, -0.05) is 12.1 Å². The summed E-state index contributed by atoms with van der Waals surface area (Å²) in [5, 5.41) is 6.06. The maximum absolute atomic E-state index is 12.0. The molecule has 0 bridgehead atoms. The first kappa shape index (κ1) is 13.9. The zero-order valence-corrected chi connectivity index (χ0v) is 11.3. The molecule has 0 radical (unpaired) electrons. The zero-order valence-electron chi connectivity index (χ0n) is 10.5. The van der Waals surface area contributed by atoms with Gasteiger partial charge in [0.25, 0.3) is 0 Å². The smallest absolute Gasteiger partial charge is 0.241 e. The van der Waals surface area contributed by atoms with E-state index in [1.165, 1.54) is 11.8 Å². The number of para-hydroxylation sites is 1. The number of primary amides is 1. The Bertz CT molecular complexity index is 473. The van der Waals surface area contributed by atoms with Crippen molar-refractivity contribution in [2.75, 3.05) is 17.6 Å². The maximum atomic E-state index is 12.0. The van der Waals surface area contributed by atoms with Gasteiger partial charge in [0.05, 0.1) is 17.5 Å². The number of rotatable bonds is 5. The minimum atomic E-state index is -0.372. The van der Waals surface area contributed by atoms with Crippen LogP contribution in [-0.2, 0) is 9.59 Å². The van der Waals surface area contributed by atoms with Gasteiger partial charge in [-0.15, -0.1) is 11.8 Å². The summed E-state index contributed by atoms with van der Waals surface area (Å²) in [7, 11) is 0. The highest BCUT2D eigenvalue weighted by Gasteiger charge is 2.22. The van der Waals surface area contributed by atoms with Gasteiger partial charge >= 0.3 is 0 Å². The van der Waals surface area contributed by atoms with Crippen LogP contribution in [0.3, 0.4) is 0 Å². The first-order valence-electron chi connectivity index (χ1n) is 6.21. The lowest BCUT2D eigenvalue weighted by atomic mass is 10.2. The number of carbonyl (C=O) groups is 2. The molecule has 1 aromatic carbocycles. The van der Waals surface area contributed by atoms with Gasteiger partial charge in [0.2, 0.25) is 11.8 Å². The molecular formula is C13H17N3O2S. The molecule has 2 amide bonds. The van der Waals surface area contributed by atoms with Gasteiger partial charge in [0.1, 0.15) is 0 Å². The highest BCUT2D eigenvalue weighted by molar-refractivity contribution is 8.00. The Hall–Kier alpha value is -1.53. The molecule has 1 heterocycles. The van der Waals surface area contributed by atoms with Crippen molar-refractivity contribution in [1.82, 2.24) is 5.32 Å². The van der Waals surface area contributed by atoms with Crippen LogP contribution in [0.15, 0.2) is 29.2 Å². The minimum Gasteiger partial charge on any atom is -0.369 e. The van der Waals surface area contributed by atoms with Crippen LogP contribution in [-0.4, -0.2) is 30.2 Å².